The highest BCUT2D eigenvalue weighted by Gasteiger charge is 2.18. The van der Waals surface area contributed by atoms with Gasteiger partial charge >= 0.3 is 0 Å². The predicted octanol–water partition coefficient (Wildman–Crippen LogP) is 2.18. The van der Waals surface area contributed by atoms with Gasteiger partial charge in [0.05, 0.1) is 5.69 Å². The fourth-order valence-corrected chi connectivity index (χ4v) is 2.11. The van der Waals surface area contributed by atoms with E-state index in [9.17, 15) is 4.79 Å². The molecule has 1 aromatic heterocycles. The first-order valence-corrected chi connectivity index (χ1v) is 7.56. The van der Waals surface area contributed by atoms with Crippen LogP contribution in [-0.4, -0.2) is 30.1 Å². The second kappa shape index (κ2) is 8.62. The van der Waals surface area contributed by atoms with E-state index in [-0.39, 0.29) is 11.9 Å². The number of aromatic nitrogens is 1. The van der Waals surface area contributed by atoms with Crippen molar-refractivity contribution in [3.8, 4) is 5.75 Å². The second-order valence-corrected chi connectivity index (χ2v) is 5.39. The lowest BCUT2D eigenvalue weighted by Gasteiger charge is -2.19. The van der Waals surface area contributed by atoms with Crippen molar-refractivity contribution in [1.29, 1.82) is 0 Å². The van der Waals surface area contributed by atoms with Gasteiger partial charge in [-0.15, -0.1) is 0 Å². The molecule has 0 saturated carbocycles. The third-order valence-electron chi connectivity index (χ3n) is 3.20. The Labute approximate surface area is 127 Å². The Bertz CT molecular complexity index is 463. The Morgan fingerprint density at radius 3 is 2.71 bits per heavy atom. The molecular formula is C16H27N3O2. The van der Waals surface area contributed by atoms with Crippen LogP contribution >= 0.6 is 0 Å². The summed E-state index contributed by atoms with van der Waals surface area (Å²) in [5, 5.41) is 6.02. The van der Waals surface area contributed by atoms with Crippen molar-refractivity contribution in [3.63, 3.8) is 0 Å². The first kappa shape index (κ1) is 17.4. The largest absolute Gasteiger partial charge is 0.479 e. The molecule has 0 aliphatic rings. The van der Waals surface area contributed by atoms with Gasteiger partial charge in [-0.05, 0) is 46.4 Å². The van der Waals surface area contributed by atoms with Gasteiger partial charge in [0.1, 0.15) is 5.75 Å². The molecule has 0 fully saturated rings. The maximum Gasteiger partial charge on any atom is 0.260 e. The summed E-state index contributed by atoms with van der Waals surface area (Å²) >= 11 is 0. The number of aryl methyl sites for hydroxylation is 1. The summed E-state index contributed by atoms with van der Waals surface area (Å²) < 4.78 is 5.78. The van der Waals surface area contributed by atoms with E-state index in [4.69, 9.17) is 4.74 Å². The molecule has 2 unspecified atom stereocenters. The standard InChI is InChI=1S/C16H27N3O2/c1-6-7-11(2)19-16(20)13(4)21-15-9-8-12(3)18-14(15)10-17-5/h8-9,11,13,17H,6-7,10H2,1-5H3,(H,19,20). The van der Waals surface area contributed by atoms with Crippen molar-refractivity contribution in [2.45, 2.75) is 59.2 Å². The number of nitrogens with zero attached hydrogens (tertiary/aromatic N) is 1. The lowest BCUT2D eigenvalue weighted by Crippen LogP contribution is -2.41. The van der Waals surface area contributed by atoms with Gasteiger partial charge in [-0.3, -0.25) is 9.78 Å². The number of carbonyl (C=O) groups excluding carboxylic acids is 1. The van der Waals surface area contributed by atoms with Gasteiger partial charge in [-0.25, -0.2) is 0 Å². The Morgan fingerprint density at radius 1 is 1.38 bits per heavy atom. The average Bonchev–Trinajstić information content (AvgIpc) is 2.42. The van der Waals surface area contributed by atoms with Crippen LogP contribution in [0.15, 0.2) is 12.1 Å². The Hall–Kier alpha value is -1.62. The van der Waals surface area contributed by atoms with Gasteiger partial charge in [0.2, 0.25) is 0 Å². The van der Waals surface area contributed by atoms with Crippen LogP contribution in [0.25, 0.3) is 0 Å². The van der Waals surface area contributed by atoms with Crippen LogP contribution < -0.4 is 15.4 Å². The summed E-state index contributed by atoms with van der Waals surface area (Å²) in [6, 6.07) is 3.93. The molecule has 5 nitrogen and oxygen atoms in total. The summed E-state index contributed by atoms with van der Waals surface area (Å²) in [6.45, 7) is 8.42. The smallest absolute Gasteiger partial charge is 0.260 e. The molecule has 2 N–H and O–H groups in total. The van der Waals surface area contributed by atoms with Crippen molar-refractivity contribution in [2.75, 3.05) is 7.05 Å². The van der Waals surface area contributed by atoms with E-state index in [1.807, 2.05) is 33.0 Å². The van der Waals surface area contributed by atoms with Crippen molar-refractivity contribution in [3.05, 3.63) is 23.5 Å². The van der Waals surface area contributed by atoms with Crippen molar-refractivity contribution in [1.82, 2.24) is 15.6 Å². The van der Waals surface area contributed by atoms with Gasteiger partial charge < -0.3 is 15.4 Å². The van der Waals surface area contributed by atoms with Crippen LogP contribution in [0.3, 0.4) is 0 Å². The molecule has 0 aromatic carbocycles. The number of amides is 1. The molecule has 0 bridgehead atoms. The van der Waals surface area contributed by atoms with Crippen molar-refractivity contribution < 1.29 is 9.53 Å². The van der Waals surface area contributed by atoms with E-state index in [2.05, 4.69) is 22.5 Å². The van der Waals surface area contributed by atoms with E-state index in [1.54, 1.807) is 6.92 Å². The molecule has 0 aliphatic heterocycles. The molecular weight excluding hydrogens is 266 g/mol. The molecule has 0 saturated heterocycles. The fourth-order valence-electron chi connectivity index (χ4n) is 2.11. The average molecular weight is 293 g/mol. The zero-order chi connectivity index (χ0) is 15.8. The minimum absolute atomic E-state index is 0.0908. The molecule has 118 valence electrons. The summed E-state index contributed by atoms with van der Waals surface area (Å²) in [4.78, 5) is 16.5. The number of ether oxygens (including phenoxy) is 1. The maximum absolute atomic E-state index is 12.1. The summed E-state index contributed by atoms with van der Waals surface area (Å²) in [7, 11) is 1.86. The number of rotatable bonds is 8. The van der Waals surface area contributed by atoms with Gasteiger partial charge in [-0.1, -0.05) is 13.3 Å². The highest BCUT2D eigenvalue weighted by atomic mass is 16.5. The second-order valence-electron chi connectivity index (χ2n) is 5.39. The molecule has 5 heteroatoms. The van der Waals surface area contributed by atoms with E-state index in [0.29, 0.717) is 12.3 Å². The number of pyridine rings is 1. The number of hydrogen-bond donors (Lipinski definition) is 2. The highest BCUT2D eigenvalue weighted by Crippen LogP contribution is 2.18. The number of carbonyl (C=O) groups is 1. The lowest BCUT2D eigenvalue weighted by molar-refractivity contribution is -0.127. The monoisotopic (exact) mass is 293 g/mol. The Kier molecular flexibility index (Phi) is 7.15. The van der Waals surface area contributed by atoms with Gasteiger partial charge in [-0.2, -0.15) is 0 Å². The van der Waals surface area contributed by atoms with Crippen LogP contribution in [0.5, 0.6) is 5.75 Å². The molecule has 2 atom stereocenters. The minimum Gasteiger partial charge on any atom is -0.479 e. The number of hydrogen-bond acceptors (Lipinski definition) is 4. The zero-order valence-corrected chi connectivity index (χ0v) is 13.7. The summed E-state index contributed by atoms with van der Waals surface area (Å²) in [5.41, 5.74) is 1.75. The van der Waals surface area contributed by atoms with Crippen LogP contribution in [-0.2, 0) is 11.3 Å². The minimum atomic E-state index is -0.538. The third kappa shape index (κ3) is 5.71. The van der Waals surface area contributed by atoms with Crippen LogP contribution in [0, 0.1) is 6.92 Å². The van der Waals surface area contributed by atoms with Gasteiger partial charge in [0.25, 0.3) is 5.91 Å². The molecule has 1 heterocycles. The fraction of sp³-hybridized carbons (Fsp3) is 0.625. The van der Waals surface area contributed by atoms with Gasteiger partial charge in [0, 0.05) is 18.3 Å². The molecule has 1 aromatic rings. The topological polar surface area (TPSA) is 63.2 Å². The maximum atomic E-state index is 12.1. The summed E-state index contributed by atoms with van der Waals surface area (Å²) in [5.74, 6) is 0.563. The third-order valence-corrected chi connectivity index (χ3v) is 3.20. The quantitative estimate of drug-likeness (QED) is 0.771. The molecule has 1 rings (SSSR count). The van der Waals surface area contributed by atoms with E-state index in [1.165, 1.54) is 0 Å². The number of nitrogens with one attached hydrogen (secondary N) is 2. The Morgan fingerprint density at radius 2 is 2.10 bits per heavy atom. The zero-order valence-electron chi connectivity index (χ0n) is 13.7. The van der Waals surface area contributed by atoms with Crippen molar-refractivity contribution >= 4 is 5.91 Å². The molecule has 0 radical (unpaired) electrons. The first-order chi connectivity index (χ1) is 9.97. The normalized spacial score (nSPS) is 13.6. The van der Waals surface area contributed by atoms with E-state index < -0.39 is 6.10 Å². The SMILES string of the molecule is CCCC(C)NC(=O)C(C)Oc1ccc(C)nc1CNC. The molecule has 21 heavy (non-hydrogen) atoms. The molecule has 0 aliphatic carbocycles. The summed E-state index contributed by atoms with van der Waals surface area (Å²) in [6.07, 6.45) is 1.48. The van der Waals surface area contributed by atoms with Crippen LogP contribution in [0.4, 0.5) is 0 Å². The molecule has 0 spiro atoms. The van der Waals surface area contributed by atoms with Crippen LogP contribution in [0.1, 0.15) is 45.0 Å². The van der Waals surface area contributed by atoms with E-state index in [0.717, 1.165) is 24.2 Å². The Balaban J connectivity index is 2.69. The van der Waals surface area contributed by atoms with Crippen molar-refractivity contribution in [2.24, 2.45) is 0 Å². The predicted molar refractivity (Wildman–Crippen MR) is 84.3 cm³/mol. The van der Waals surface area contributed by atoms with E-state index >= 15 is 0 Å². The first-order valence-electron chi connectivity index (χ1n) is 7.56. The molecule has 1 amide bonds. The lowest BCUT2D eigenvalue weighted by atomic mass is 10.2. The highest BCUT2D eigenvalue weighted by molar-refractivity contribution is 5.81. The van der Waals surface area contributed by atoms with Crippen LogP contribution in [0.2, 0.25) is 0 Å². The van der Waals surface area contributed by atoms with Gasteiger partial charge in [0.15, 0.2) is 6.10 Å².